The predicted molar refractivity (Wildman–Crippen MR) is 67.3 cm³/mol. The van der Waals surface area contributed by atoms with Crippen molar-refractivity contribution in [1.82, 2.24) is 4.90 Å². The average molecular weight is 249 g/mol. The number of piperidine rings is 1. The normalized spacial score (nSPS) is 22.1. The summed E-state index contributed by atoms with van der Waals surface area (Å²) >= 11 is 0. The van der Waals surface area contributed by atoms with Crippen LogP contribution in [0.3, 0.4) is 0 Å². The number of carbonyl (C=O) groups is 1. The number of hydrogen-bond acceptors (Lipinski definition) is 3. The number of ether oxygens (including phenoxy) is 1. The van der Waals surface area contributed by atoms with Crippen LogP contribution >= 0.6 is 0 Å². The summed E-state index contributed by atoms with van der Waals surface area (Å²) in [6.45, 7) is 10.7. The van der Waals surface area contributed by atoms with Gasteiger partial charge in [-0.1, -0.05) is 0 Å². The Balaban J connectivity index is 2.01. The third kappa shape index (κ3) is 2.03. The maximum absolute atomic E-state index is 11.6. The Morgan fingerprint density at radius 2 is 2.17 bits per heavy atom. The highest BCUT2D eigenvalue weighted by molar-refractivity contribution is 5.67. The molecular weight excluding hydrogens is 230 g/mol. The highest BCUT2D eigenvalue weighted by atomic mass is 16.6. The quantitative estimate of drug-likeness (QED) is 0.724. The number of allylic oxidation sites excluding steroid dienone is 2. The van der Waals surface area contributed by atoms with Crippen LogP contribution in [0.25, 0.3) is 4.85 Å². The molecule has 0 saturated carbocycles. The standard InChI is InChI=1S/C13H19N3O2/c1-3-18-12(17)16-8-6-13(7-9-16)5-4-10(15-2)11(13)14/h3-9,14H2,1H3. The van der Waals surface area contributed by atoms with Gasteiger partial charge in [0.2, 0.25) is 0 Å². The lowest BCUT2D eigenvalue weighted by molar-refractivity contribution is 0.0778. The van der Waals surface area contributed by atoms with E-state index in [-0.39, 0.29) is 11.5 Å². The first kappa shape index (κ1) is 12.7. The zero-order valence-corrected chi connectivity index (χ0v) is 10.7. The first-order valence-electron chi connectivity index (χ1n) is 6.41. The van der Waals surface area contributed by atoms with Crippen LogP contribution < -0.4 is 5.73 Å². The Labute approximate surface area is 107 Å². The number of hydrogen-bond donors (Lipinski definition) is 1. The minimum atomic E-state index is -0.238. The third-order valence-electron chi connectivity index (χ3n) is 4.10. The van der Waals surface area contributed by atoms with Crippen LogP contribution in [-0.2, 0) is 4.74 Å². The van der Waals surface area contributed by atoms with E-state index in [4.69, 9.17) is 17.0 Å². The summed E-state index contributed by atoms with van der Waals surface area (Å²) in [5, 5.41) is 0. The van der Waals surface area contributed by atoms with Gasteiger partial charge in [-0.05, 0) is 32.6 Å². The zero-order valence-electron chi connectivity index (χ0n) is 10.7. The number of likely N-dealkylation sites (tertiary alicyclic amines) is 1. The monoisotopic (exact) mass is 249 g/mol. The van der Waals surface area contributed by atoms with Gasteiger partial charge >= 0.3 is 6.09 Å². The molecule has 5 nitrogen and oxygen atoms in total. The summed E-state index contributed by atoms with van der Waals surface area (Å²) in [5.41, 5.74) is 7.56. The lowest BCUT2D eigenvalue weighted by atomic mass is 9.76. The van der Waals surface area contributed by atoms with Crippen molar-refractivity contribution in [3.63, 3.8) is 0 Å². The van der Waals surface area contributed by atoms with E-state index in [1.54, 1.807) is 4.90 Å². The van der Waals surface area contributed by atoms with Crippen LogP contribution in [-0.4, -0.2) is 30.7 Å². The van der Waals surface area contributed by atoms with Gasteiger partial charge in [-0.15, -0.1) is 0 Å². The molecule has 2 aliphatic rings. The maximum atomic E-state index is 11.6. The molecule has 0 unspecified atom stereocenters. The Kier molecular flexibility index (Phi) is 3.46. The molecule has 0 aromatic heterocycles. The topological polar surface area (TPSA) is 59.9 Å². The fraction of sp³-hybridized carbons (Fsp3) is 0.692. The fourth-order valence-electron chi connectivity index (χ4n) is 2.90. The van der Waals surface area contributed by atoms with Crippen LogP contribution in [0.4, 0.5) is 4.79 Å². The number of rotatable bonds is 1. The highest BCUT2D eigenvalue weighted by Gasteiger charge is 2.42. The van der Waals surface area contributed by atoms with E-state index in [2.05, 4.69) is 4.85 Å². The largest absolute Gasteiger partial charge is 0.450 e. The number of nitrogens with two attached hydrogens (primary N) is 1. The van der Waals surface area contributed by atoms with E-state index in [0.717, 1.165) is 37.1 Å². The summed E-state index contributed by atoms with van der Waals surface area (Å²) < 4.78 is 5.00. The molecule has 0 aromatic carbocycles. The van der Waals surface area contributed by atoms with Crippen LogP contribution in [0, 0.1) is 12.0 Å². The smallest absolute Gasteiger partial charge is 0.409 e. The Morgan fingerprint density at radius 3 is 2.67 bits per heavy atom. The SMILES string of the molecule is [C-]#[N+]C1=C(N)C2(CC1)CCN(C(=O)OCC)CC2. The van der Waals surface area contributed by atoms with Crippen LogP contribution in [0.15, 0.2) is 11.4 Å². The fourth-order valence-corrected chi connectivity index (χ4v) is 2.90. The van der Waals surface area contributed by atoms with Gasteiger partial charge < -0.3 is 15.4 Å². The molecule has 1 amide bonds. The molecule has 18 heavy (non-hydrogen) atoms. The molecule has 1 aliphatic heterocycles. The third-order valence-corrected chi connectivity index (χ3v) is 4.10. The van der Waals surface area contributed by atoms with E-state index < -0.39 is 0 Å². The summed E-state index contributed by atoms with van der Waals surface area (Å²) in [6.07, 6.45) is 3.19. The number of nitrogens with zero attached hydrogens (tertiary/aromatic N) is 2. The predicted octanol–water partition coefficient (Wildman–Crippen LogP) is 2.11. The first-order chi connectivity index (χ1) is 8.63. The summed E-state index contributed by atoms with van der Waals surface area (Å²) in [5.74, 6) is 0. The van der Waals surface area contributed by atoms with Crippen molar-refractivity contribution in [3.8, 4) is 0 Å². The van der Waals surface area contributed by atoms with E-state index in [1.165, 1.54) is 0 Å². The van der Waals surface area contributed by atoms with Crippen LogP contribution in [0.2, 0.25) is 0 Å². The van der Waals surface area contributed by atoms with Crippen molar-refractivity contribution in [1.29, 1.82) is 0 Å². The van der Waals surface area contributed by atoms with Crippen molar-refractivity contribution in [3.05, 3.63) is 22.8 Å². The molecule has 1 fully saturated rings. The Morgan fingerprint density at radius 1 is 1.50 bits per heavy atom. The summed E-state index contributed by atoms with van der Waals surface area (Å²) in [7, 11) is 0. The molecule has 1 spiro atoms. The van der Waals surface area contributed by atoms with Crippen molar-refractivity contribution in [2.75, 3.05) is 19.7 Å². The molecular formula is C13H19N3O2. The Bertz CT molecular complexity index is 414. The van der Waals surface area contributed by atoms with Crippen LogP contribution in [0.5, 0.6) is 0 Å². The molecule has 5 heteroatoms. The van der Waals surface area contributed by atoms with Crippen molar-refractivity contribution >= 4 is 6.09 Å². The van der Waals surface area contributed by atoms with Crippen molar-refractivity contribution in [2.24, 2.45) is 11.1 Å². The highest BCUT2D eigenvalue weighted by Crippen LogP contribution is 2.48. The summed E-state index contributed by atoms with van der Waals surface area (Å²) in [4.78, 5) is 16.9. The molecule has 0 bridgehead atoms. The van der Waals surface area contributed by atoms with Gasteiger partial charge in [-0.25, -0.2) is 9.64 Å². The minimum Gasteiger partial charge on any atom is -0.450 e. The van der Waals surface area contributed by atoms with Gasteiger partial charge in [-0.2, -0.15) is 0 Å². The van der Waals surface area contributed by atoms with Gasteiger partial charge in [0.25, 0.3) is 0 Å². The van der Waals surface area contributed by atoms with E-state index >= 15 is 0 Å². The molecule has 98 valence electrons. The van der Waals surface area contributed by atoms with E-state index in [0.29, 0.717) is 19.7 Å². The molecule has 1 aliphatic carbocycles. The van der Waals surface area contributed by atoms with Gasteiger partial charge in [-0.3, -0.25) is 0 Å². The second-order valence-corrected chi connectivity index (χ2v) is 4.94. The van der Waals surface area contributed by atoms with E-state index in [1.807, 2.05) is 6.92 Å². The molecule has 0 radical (unpaired) electrons. The van der Waals surface area contributed by atoms with Crippen LogP contribution in [0.1, 0.15) is 32.6 Å². The van der Waals surface area contributed by atoms with Crippen molar-refractivity contribution in [2.45, 2.75) is 32.6 Å². The van der Waals surface area contributed by atoms with Gasteiger partial charge in [0, 0.05) is 24.2 Å². The molecule has 2 N–H and O–H groups in total. The molecule has 0 atom stereocenters. The lowest BCUT2D eigenvalue weighted by Gasteiger charge is -2.40. The first-order valence-corrected chi connectivity index (χ1v) is 6.41. The van der Waals surface area contributed by atoms with Gasteiger partial charge in [0.1, 0.15) is 0 Å². The minimum absolute atomic E-state index is 0.0388. The number of carbonyl (C=O) groups excluding carboxylic acids is 1. The zero-order chi connectivity index (χ0) is 13.2. The molecule has 1 heterocycles. The maximum Gasteiger partial charge on any atom is 0.409 e. The summed E-state index contributed by atoms with van der Waals surface area (Å²) in [6, 6.07) is 0. The lowest BCUT2D eigenvalue weighted by Crippen LogP contribution is -2.44. The number of amides is 1. The van der Waals surface area contributed by atoms with Gasteiger partial charge in [0.15, 0.2) is 5.70 Å². The average Bonchev–Trinajstić information content (AvgIpc) is 2.68. The molecule has 1 saturated heterocycles. The second-order valence-electron chi connectivity index (χ2n) is 4.94. The van der Waals surface area contributed by atoms with Gasteiger partial charge in [0.05, 0.1) is 13.2 Å². The van der Waals surface area contributed by atoms with E-state index in [9.17, 15) is 4.79 Å². The van der Waals surface area contributed by atoms with Crippen molar-refractivity contribution < 1.29 is 9.53 Å². The molecule has 0 aromatic rings. The molecule has 2 rings (SSSR count). The second kappa shape index (κ2) is 4.89. The Hall–Kier alpha value is -1.70.